The van der Waals surface area contributed by atoms with Gasteiger partial charge >= 0.3 is 0 Å². The Kier molecular flexibility index (Phi) is 4.54. The van der Waals surface area contributed by atoms with Crippen molar-refractivity contribution in [1.29, 1.82) is 0 Å². The highest BCUT2D eigenvalue weighted by Gasteiger charge is 2.27. The van der Waals surface area contributed by atoms with Crippen molar-refractivity contribution in [2.75, 3.05) is 17.1 Å². The lowest BCUT2D eigenvalue weighted by Crippen LogP contribution is -2.36. The molecule has 0 radical (unpaired) electrons. The lowest BCUT2D eigenvalue weighted by molar-refractivity contribution is 0.0936. The molecule has 0 fully saturated rings. The van der Waals surface area contributed by atoms with Crippen molar-refractivity contribution in [1.82, 2.24) is 20.3 Å². The number of carbonyl (C=O) groups is 1. The number of rotatable bonds is 5. The van der Waals surface area contributed by atoms with Gasteiger partial charge in [0.1, 0.15) is 5.52 Å². The van der Waals surface area contributed by atoms with Gasteiger partial charge < -0.3 is 5.32 Å². The van der Waals surface area contributed by atoms with Crippen LogP contribution in [0.2, 0.25) is 0 Å². The standard InChI is InChI=1S/C19H21N5O3S/c1-13(12-23-18-6-4-3-5-16(18)21-22-23)20-19(25)15-7-8-17-14(11-15)9-10-24(17)28(2,26)27/h3-8,11,13H,9-10,12H2,1-2H3,(H,20,25)/t13-/m1/s1. The summed E-state index contributed by atoms with van der Waals surface area (Å²) >= 11 is 0. The Morgan fingerprint density at radius 1 is 1.25 bits per heavy atom. The summed E-state index contributed by atoms with van der Waals surface area (Å²) in [6, 6.07) is 12.7. The van der Waals surface area contributed by atoms with E-state index in [2.05, 4.69) is 15.6 Å². The normalized spacial score (nSPS) is 14.9. The topological polar surface area (TPSA) is 97.2 Å². The summed E-state index contributed by atoms with van der Waals surface area (Å²) < 4.78 is 26.8. The summed E-state index contributed by atoms with van der Waals surface area (Å²) in [5, 5.41) is 11.2. The van der Waals surface area contributed by atoms with Crippen molar-refractivity contribution in [2.24, 2.45) is 0 Å². The van der Waals surface area contributed by atoms with Crippen LogP contribution in [-0.2, 0) is 23.0 Å². The molecule has 2 aromatic carbocycles. The molecule has 9 heteroatoms. The van der Waals surface area contributed by atoms with Gasteiger partial charge in [-0.3, -0.25) is 9.10 Å². The molecule has 1 amide bonds. The summed E-state index contributed by atoms with van der Waals surface area (Å²) in [7, 11) is -3.30. The first-order valence-electron chi connectivity index (χ1n) is 9.02. The molecular weight excluding hydrogens is 378 g/mol. The number of aromatic nitrogens is 3. The van der Waals surface area contributed by atoms with Gasteiger partial charge in [0.15, 0.2) is 0 Å². The number of hydrogen-bond donors (Lipinski definition) is 1. The highest BCUT2D eigenvalue weighted by molar-refractivity contribution is 7.92. The van der Waals surface area contributed by atoms with Crippen LogP contribution in [0.3, 0.4) is 0 Å². The van der Waals surface area contributed by atoms with Crippen molar-refractivity contribution >= 4 is 32.7 Å². The van der Waals surface area contributed by atoms with Crippen LogP contribution in [0.5, 0.6) is 0 Å². The molecule has 3 aromatic rings. The highest BCUT2D eigenvalue weighted by Crippen LogP contribution is 2.30. The van der Waals surface area contributed by atoms with E-state index >= 15 is 0 Å². The van der Waals surface area contributed by atoms with E-state index in [9.17, 15) is 13.2 Å². The average molecular weight is 399 g/mol. The van der Waals surface area contributed by atoms with Gasteiger partial charge in [-0.25, -0.2) is 13.1 Å². The van der Waals surface area contributed by atoms with Crippen molar-refractivity contribution in [3.05, 3.63) is 53.6 Å². The third kappa shape index (κ3) is 3.45. The van der Waals surface area contributed by atoms with E-state index in [1.807, 2.05) is 31.2 Å². The number of fused-ring (bicyclic) bond motifs is 2. The van der Waals surface area contributed by atoms with Crippen LogP contribution in [0.15, 0.2) is 42.5 Å². The molecule has 28 heavy (non-hydrogen) atoms. The first-order chi connectivity index (χ1) is 13.3. The molecule has 2 heterocycles. The Balaban J connectivity index is 1.47. The van der Waals surface area contributed by atoms with E-state index in [0.29, 0.717) is 30.8 Å². The van der Waals surface area contributed by atoms with Crippen LogP contribution >= 0.6 is 0 Å². The van der Waals surface area contributed by atoms with Gasteiger partial charge in [-0.05, 0) is 49.2 Å². The fourth-order valence-electron chi connectivity index (χ4n) is 3.52. The quantitative estimate of drug-likeness (QED) is 0.702. The predicted molar refractivity (Wildman–Crippen MR) is 107 cm³/mol. The van der Waals surface area contributed by atoms with Crippen LogP contribution in [-0.4, -0.2) is 48.2 Å². The Labute approximate surface area is 163 Å². The molecule has 4 rings (SSSR count). The molecule has 1 N–H and O–H groups in total. The molecule has 1 aliphatic heterocycles. The first kappa shape index (κ1) is 18.4. The Morgan fingerprint density at radius 2 is 2.04 bits per heavy atom. The van der Waals surface area contributed by atoms with Crippen LogP contribution in [0.25, 0.3) is 11.0 Å². The summed E-state index contributed by atoms with van der Waals surface area (Å²) in [5.41, 5.74) is 3.77. The summed E-state index contributed by atoms with van der Waals surface area (Å²) in [6.45, 7) is 2.82. The van der Waals surface area contributed by atoms with Gasteiger partial charge in [0.05, 0.1) is 24.0 Å². The zero-order valence-electron chi connectivity index (χ0n) is 15.7. The monoisotopic (exact) mass is 399 g/mol. The molecule has 0 saturated heterocycles. The maximum atomic E-state index is 12.6. The van der Waals surface area contributed by atoms with Crippen LogP contribution in [0, 0.1) is 0 Å². The van der Waals surface area contributed by atoms with Gasteiger partial charge in [0.25, 0.3) is 5.91 Å². The van der Waals surface area contributed by atoms with E-state index in [0.717, 1.165) is 16.6 Å². The van der Waals surface area contributed by atoms with Crippen LogP contribution < -0.4 is 9.62 Å². The van der Waals surface area contributed by atoms with Crippen molar-refractivity contribution in [3.63, 3.8) is 0 Å². The summed E-state index contributed by atoms with van der Waals surface area (Å²) in [5.74, 6) is -0.197. The fourth-order valence-corrected chi connectivity index (χ4v) is 4.48. The number of anilines is 1. The second kappa shape index (κ2) is 6.90. The third-order valence-corrected chi connectivity index (χ3v) is 6.02. The lowest BCUT2D eigenvalue weighted by Gasteiger charge is -2.17. The highest BCUT2D eigenvalue weighted by atomic mass is 32.2. The molecule has 1 atom stereocenters. The number of carbonyl (C=O) groups excluding carboxylic acids is 1. The summed E-state index contributed by atoms with van der Waals surface area (Å²) in [4.78, 5) is 12.6. The van der Waals surface area contributed by atoms with E-state index in [4.69, 9.17) is 0 Å². The number of hydrogen-bond acceptors (Lipinski definition) is 5. The first-order valence-corrected chi connectivity index (χ1v) is 10.9. The molecule has 0 saturated carbocycles. The van der Waals surface area contributed by atoms with E-state index in [1.165, 1.54) is 10.6 Å². The molecule has 0 unspecified atom stereocenters. The molecule has 0 bridgehead atoms. The zero-order valence-corrected chi connectivity index (χ0v) is 16.5. The smallest absolute Gasteiger partial charge is 0.251 e. The Hall–Kier alpha value is -2.94. The minimum Gasteiger partial charge on any atom is -0.348 e. The van der Waals surface area contributed by atoms with Gasteiger partial charge in [-0.2, -0.15) is 0 Å². The lowest BCUT2D eigenvalue weighted by atomic mass is 10.1. The summed E-state index contributed by atoms with van der Waals surface area (Å²) in [6.07, 6.45) is 1.79. The molecular formula is C19H21N5O3S. The molecule has 0 spiro atoms. The number of amides is 1. The van der Waals surface area contributed by atoms with Gasteiger partial charge in [0.2, 0.25) is 10.0 Å². The van der Waals surface area contributed by atoms with Crippen molar-refractivity contribution < 1.29 is 13.2 Å². The third-order valence-electron chi connectivity index (χ3n) is 4.84. The van der Waals surface area contributed by atoms with E-state index in [-0.39, 0.29) is 11.9 Å². The van der Waals surface area contributed by atoms with E-state index < -0.39 is 10.0 Å². The largest absolute Gasteiger partial charge is 0.348 e. The second-order valence-electron chi connectivity index (χ2n) is 7.06. The minimum atomic E-state index is -3.30. The van der Waals surface area contributed by atoms with Gasteiger partial charge in [-0.15, -0.1) is 5.10 Å². The van der Waals surface area contributed by atoms with Crippen LogP contribution in [0.4, 0.5) is 5.69 Å². The van der Waals surface area contributed by atoms with E-state index in [1.54, 1.807) is 22.9 Å². The Morgan fingerprint density at radius 3 is 2.82 bits per heavy atom. The zero-order chi connectivity index (χ0) is 19.9. The van der Waals surface area contributed by atoms with Gasteiger partial charge in [-0.1, -0.05) is 17.3 Å². The SMILES string of the molecule is C[C@H](Cn1nnc2ccccc21)NC(=O)c1ccc2c(c1)CCN2S(C)(=O)=O. The number of nitrogens with one attached hydrogen (secondary N) is 1. The van der Waals surface area contributed by atoms with Crippen molar-refractivity contribution in [2.45, 2.75) is 25.9 Å². The maximum absolute atomic E-state index is 12.6. The number of para-hydroxylation sites is 1. The van der Waals surface area contributed by atoms with Crippen molar-refractivity contribution in [3.8, 4) is 0 Å². The maximum Gasteiger partial charge on any atom is 0.251 e. The molecule has 1 aromatic heterocycles. The van der Waals surface area contributed by atoms with Crippen LogP contribution in [0.1, 0.15) is 22.8 Å². The predicted octanol–water partition coefficient (Wildman–Crippen LogP) is 1.57. The second-order valence-corrected chi connectivity index (χ2v) is 8.97. The Bertz CT molecular complexity index is 1160. The average Bonchev–Trinajstić information content (AvgIpc) is 3.25. The molecule has 146 valence electrons. The molecule has 0 aliphatic carbocycles. The molecule has 1 aliphatic rings. The number of nitrogens with zero attached hydrogens (tertiary/aromatic N) is 4. The number of benzene rings is 2. The minimum absolute atomic E-state index is 0.154. The molecule has 8 nitrogen and oxygen atoms in total. The number of sulfonamides is 1. The fraction of sp³-hybridized carbons (Fsp3) is 0.316. The van der Waals surface area contributed by atoms with Gasteiger partial charge in [0, 0.05) is 18.2 Å².